The molecular weight excluding hydrogens is 716 g/mol. The largest absolute Gasteiger partial charge is 0.378 e. The van der Waals surface area contributed by atoms with Crippen LogP contribution in [0.4, 0.5) is 0 Å². The second-order valence-electron chi connectivity index (χ2n) is 12.4. The summed E-state index contributed by atoms with van der Waals surface area (Å²) in [4.78, 5) is 12.4. The molecule has 1 aliphatic carbocycles. The van der Waals surface area contributed by atoms with Crippen molar-refractivity contribution in [2.75, 3.05) is 158 Å². The lowest BCUT2D eigenvalue weighted by Crippen LogP contribution is -2.27. The van der Waals surface area contributed by atoms with Gasteiger partial charge in [0.2, 0.25) is 0 Å². The minimum atomic E-state index is -0.117. The number of nitrogens with two attached hydrogens (primary N) is 1. The predicted octanol–water partition coefficient (Wildman–Crippen LogP) is 2.96. The van der Waals surface area contributed by atoms with E-state index in [0.29, 0.717) is 177 Å². The summed E-state index contributed by atoms with van der Waals surface area (Å²) in [6.45, 7) is 12.5. The number of carbonyl (C=O) groups is 1. The molecule has 2 rings (SSSR count). The first-order chi connectivity index (χ1) is 27.3. The molecule has 318 valence electrons. The zero-order valence-corrected chi connectivity index (χ0v) is 33.1. The maximum atomic E-state index is 12.4. The number of benzene rings is 1. The van der Waals surface area contributed by atoms with Crippen molar-refractivity contribution in [1.82, 2.24) is 5.32 Å². The van der Waals surface area contributed by atoms with Gasteiger partial charge in [-0.05, 0) is 49.8 Å². The molecule has 1 aliphatic rings. The van der Waals surface area contributed by atoms with Gasteiger partial charge in [0.1, 0.15) is 0 Å². The first-order valence-electron chi connectivity index (χ1n) is 20.0. The summed E-state index contributed by atoms with van der Waals surface area (Å²) in [6, 6.07) is 7.60. The van der Waals surface area contributed by atoms with Crippen LogP contribution < -0.4 is 11.1 Å². The molecule has 15 nitrogen and oxygen atoms in total. The van der Waals surface area contributed by atoms with Crippen molar-refractivity contribution < 1.29 is 61.6 Å². The number of rotatable bonds is 39. The van der Waals surface area contributed by atoms with Gasteiger partial charge in [0.05, 0.1) is 158 Å². The number of hydrogen-bond donors (Lipinski definition) is 2. The molecule has 0 saturated carbocycles. The van der Waals surface area contributed by atoms with E-state index >= 15 is 0 Å². The van der Waals surface area contributed by atoms with E-state index in [1.165, 1.54) is 6.42 Å². The smallest absolute Gasteiger partial charge is 0.251 e. The first-order valence-corrected chi connectivity index (χ1v) is 20.0. The van der Waals surface area contributed by atoms with Crippen LogP contribution in [0.25, 0.3) is 0 Å². The molecule has 0 bridgehead atoms. The first kappa shape index (κ1) is 49.1. The van der Waals surface area contributed by atoms with Gasteiger partial charge in [-0.25, -0.2) is 0 Å². The third-order valence-corrected chi connectivity index (χ3v) is 7.93. The fourth-order valence-corrected chi connectivity index (χ4v) is 4.98. The number of amides is 1. The Morgan fingerprint density at radius 1 is 0.509 bits per heavy atom. The van der Waals surface area contributed by atoms with Crippen LogP contribution >= 0.6 is 0 Å². The topological polar surface area (TPSA) is 166 Å². The SMILES string of the molecule is NCCOCCOCCOCCOCCOCCOCCOCCOCCOCCOCCOCCNC(=O)c1ccc(CO[C@@H]2CC/C=C\CCC2)cc1. The molecule has 0 saturated heterocycles. The molecule has 0 radical (unpaired) electrons. The molecule has 3 N–H and O–H groups in total. The number of allylic oxidation sites excluding steroid dienone is 2. The standard InChI is InChI=1S/C40H70N2O13/c41-12-14-44-16-18-46-20-22-48-24-26-50-28-30-52-32-34-54-35-33-53-31-29-51-27-25-49-23-21-47-19-17-45-15-13-42-40(43)38-10-8-37(9-11-38)36-55-39-6-4-2-1-3-5-7-39/h1-2,8-11,39H,3-7,12-36,41H2,(H,42,43)/b2-1-/t39-/m1/s1. The van der Waals surface area contributed by atoms with Crippen molar-refractivity contribution in [3.63, 3.8) is 0 Å². The highest BCUT2D eigenvalue weighted by molar-refractivity contribution is 5.94. The fourth-order valence-electron chi connectivity index (χ4n) is 4.98. The number of hydrogen-bond acceptors (Lipinski definition) is 14. The van der Waals surface area contributed by atoms with E-state index in [-0.39, 0.29) is 5.91 Å². The lowest BCUT2D eigenvalue weighted by molar-refractivity contribution is -0.0274. The molecule has 0 fully saturated rings. The van der Waals surface area contributed by atoms with Gasteiger partial charge in [0, 0.05) is 18.7 Å². The summed E-state index contributed by atoms with van der Waals surface area (Å²) in [5.74, 6) is -0.117. The molecule has 55 heavy (non-hydrogen) atoms. The van der Waals surface area contributed by atoms with Gasteiger partial charge in [-0.1, -0.05) is 24.3 Å². The maximum Gasteiger partial charge on any atom is 0.251 e. The Morgan fingerprint density at radius 3 is 1.31 bits per heavy atom. The Morgan fingerprint density at radius 2 is 0.891 bits per heavy atom. The number of nitrogens with one attached hydrogen (secondary N) is 1. The van der Waals surface area contributed by atoms with E-state index in [4.69, 9.17) is 62.6 Å². The fraction of sp³-hybridized carbons (Fsp3) is 0.775. The molecule has 1 aromatic rings. The molecule has 15 heteroatoms. The molecule has 0 unspecified atom stereocenters. The molecular formula is C40H70N2O13. The molecule has 1 amide bonds. The van der Waals surface area contributed by atoms with Crippen molar-refractivity contribution in [2.45, 2.75) is 44.8 Å². The van der Waals surface area contributed by atoms with Crippen molar-refractivity contribution in [2.24, 2.45) is 5.73 Å². The van der Waals surface area contributed by atoms with E-state index in [0.717, 1.165) is 31.2 Å². The van der Waals surface area contributed by atoms with Gasteiger partial charge < -0.3 is 67.9 Å². The monoisotopic (exact) mass is 786 g/mol. The summed E-state index contributed by atoms with van der Waals surface area (Å²) < 4.78 is 66.1. The van der Waals surface area contributed by atoms with Gasteiger partial charge in [0.25, 0.3) is 5.91 Å². The Bertz CT molecular complexity index is 1010. The average Bonchev–Trinajstić information content (AvgIpc) is 3.19. The highest BCUT2D eigenvalue weighted by Gasteiger charge is 2.11. The van der Waals surface area contributed by atoms with Crippen LogP contribution in [0.15, 0.2) is 36.4 Å². The van der Waals surface area contributed by atoms with Gasteiger partial charge in [-0.2, -0.15) is 0 Å². The summed E-state index contributed by atoms with van der Waals surface area (Å²) in [7, 11) is 0. The Balaban J connectivity index is 1.21. The summed E-state index contributed by atoms with van der Waals surface area (Å²) in [5, 5.41) is 2.89. The van der Waals surface area contributed by atoms with E-state index in [1.807, 2.05) is 24.3 Å². The zero-order chi connectivity index (χ0) is 39.0. The van der Waals surface area contributed by atoms with Crippen LogP contribution in [0.3, 0.4) is 0 Å². The number of carbonyl (C=O) groups excluding carboxylic acids is 1. The molecule has 1 aromatic carbocycles. The second-order valence-corrected chi connectivity index (χ2v) is 12.4. The summed E-state index contributed by atoms with van der Waals surface area (Å²) >= 11 is 0. The average molecular weight is 787 g/mol. The highest BCUT2D eigenvalue weighted by atomic mass is 16.6. The van der Waals surface area contributed by atoms with Crippen molar-refractivity contribution in [3.8, 4) is 0 Å². The van der Waals surface area contributed by atoms with Crippen LogP contribution in [-0.2, 0) is 63.4 Å². The lowest BCUT2D eigenvalue weighted by atomic mass is 10.0. The third-order valence-electron chi connectivity index (χ3n) is 7.93. The van der Waals surface area contributed by atoms with Gasteiger partial charge in [-0.3, -0.25) is 4.79 Å². The minimum Gasteiger partial charge on any atom is -0.378 e. The van der Waals surface area contributed by atoms with E-state index in [9.17, 15) is 4.79 Å². The van der Waals surface area contributed by atoms with Gasteiger partial charge >= 0.3 is 0 Å². The van der Waals surface area contributed by atoms with Crippen LogP contribution in [0.2, 0.25) is 0 Å². The normalized spacial score (nSPS) is 15.2. The Labute approximate surface area is 329 Å². The van der Waals surface area contributed by atoms with E-state index < -0.39 is 0 Å². The third kappa shape index (κ3) is 31.7. The van der Waals surface area contributed by atoms with Crippen LogP contribution in [0, 0.1) is 0 Å². The molecule has 0 aromatic heterocycles. The van der Waals surface area contributed by atoms with Crippen LogP contribution in [0.5, 0.6) is 0 Å². The van der Waals surface area contributed by atoms with E-state index in [1.54, 1.807) is 0 Å². The molecule has 0 aliphatic heterocycles. The molecule has 1 atom stereocenters. The van der Waals surface area contributed by atoms with Gasteiger partial charge in [-0.15, -0.1) is 0 Å². The Hall–Kier alpha value is -2.09. The molecule has 0 heterocycles. The lowest BCUT2D eigenvalue weighted by Gasteiger charge is -2.18. The predicted molar refractivity (Wildman–Crippen MR) is 208 cm³/mol. The number of ether oxygens (including phenoxy) is 12. The van der Waals surface area contributed by atoms with Crippen molar-refractivity contribution in [1.29, 1.82) is 0 Å². The Kier molecular flexibility index (Phi) is 34.6. The van der Waals surface area contributed by atoms with Crippen molar-refractivity contribution >= 4 is 5.91 Å². The van der Waals surface area contributed by atoms with Crippen LogP contribution in [0.1, 0.15) is 48.0 Å². The molecule has 0 spiro atoms. The maximum absolute atomic E-state index is 12.4. The summed E-state index contributed by atoms with van der Waals surface area (Å²) in [5.41, 5.74) is 7.04. The van der Waals surface area contributed by atoms with Crippen molar-refractivity contribution in [3.05, 3.63) is 47.5 Å². The highest BCUT2D eigenvalue weighted by Crippen LogP contribution is 2.17. The van der Waals surface area contributed by atoms with Gasteiger partial charge in [0.15, 0.2) is 0 Å². The van der Waals surface area contributed by atoms with Crippen LogP contribution in [-0.4, -0.2) is 170 Å². The zero-order valence-electron chi connectivity index (χ0n) is 33.1. The minimum absolute atomic E-state index is 0.117. The summed E-state index contributed by atoms with van der Waals surface area (Å²) in [6.07, 6.45) is 10.4. The second kappa shape index (κ2) is 38.8. The van der Waals surface area contributed by atoms with E-state index in [2.05, 4.69) is 17.5 Å². The quantitative estimate of drug-likeness (QED) is 0.0739.